The number of likely N-dealkylation sites (tertiary alicyclic amines) is 1. The predicted molar refractivity (Wildman–Crippen MR) is 122 cm³/mol. The molecule has 0 aliphatic carbocycles. The summed E-state index contributed by atoms with van der Waals surface area (Å²) in [5.41, 5.74) is 2.43. The molecule has 1 fully saturated rings. The second kappa shape index (κ2) is 7.08. The minimum absolute atomic E-state index is 0.0523. The first-order chi connectivity index (χ1) is 14.8. The summed E-state index contributed by atoms with van der Waals surface area (Å²) in [5, 5.41) is 11.6. The highest BCUT2D eigenvalue weighted by atomic mass is 16.2. The SMILES string of the molecule is CC(C)(C)N=C1Nc2ccccc2NC12CCCN(C(=O)c1cnn3cccnc13)C2. The second-order valence-electron chi connectivity index (χ2n) is 9.29. The van der Waals surface area contributed by atoms with Crippen LogP contribution in [0.2, 0.25) is 0 Å². The van der Waals surface area contributed by atoms with Gasteiger partial charge in [0.1, 0.15) is 16.9 Å². The molecule has 1 aromatic carbocycles. The Bertz CT molecular complexity index is 1180. The van der Waals surface area contributed by atoms with Gasteiger partial charge in [0, 0.05) is 18.9 Å². The summed E-state index contributed by atoms with van der Waals surface area (Å²) in [6.07, 6.45) is 6.86. The fraction of sp³-hybridized carbons (Fsp3) is 0.391. The number of aliphatic imine (C=N–C) groups is 1. The highest BCUT2D eigenvalue weighted by molar-refractivity contribution is 6.10. The monoisotopic (exact) mass is 417 g/mol. The number of hydrogen-bond donors (Lipinski definition) is 2. The van der Waals surface area contributed by atoms with Gasteiger partial charge in [-0.3, -0.25) is 9.79 Å². The molecule has 5 rings (SSSR count). The quantitative estimate of drug-likeness (QED) is 0.633. The molecule has 160 valence electrons. The molecule has 0 radical (unpaired) electrons. The van der Waals surface area contributed by atoms with Crippen molar-refractivity contribution in [2.75, 3.05) is 23.7 Å². The molecule has 8 nitrogen and oxygen atoms in total. The van der Waals surface area contributed by atoms with Crippen molar-refractivity contribution in [1.82, 2.24) is 19.5 Å². The lowest BCUT2D eigenvalue weighted by atomic mass is 9.84. The van der Waals surface area contributed by atoms with Crippen molar-refractivity contribution in [2.24, 2.45) is 4.99 Å². The molecule has 2 aliphatic heterocycles. The molecule has 8 heteroatoms. The normalized spacial score (nSPS) is 22.3. The van der Waals surface area contributed by atoms with Crippen LogP contribution in [-0.4, -0.2) is 55.4 Å². The van der Waals surface area contributed by atoms with Crippen molar-refractivity contribution >= 4 is 28.8 Å². The summed E-state index contributed by atoms with van der Waals surface area (Å²) >= 11 is 0. The summed E-state index contributed by atoms with van der Waals surface area (Å²) in [7, 11) is 0. The Morgan fingerprint density at radius 3 is 2.81 bits per heavy atom. The first kappa shape index (κ1) is 19.5. The fourth-order valence-electron chi connectivity index (χ4n) is 4.41. The van der Waals surface area contributed by atoms with Crippen molar-refractivity contribution in [3.63, 3.8) is 0 Å². The molecule has 0 saturated carbocycles. The number of nitrogens with one attached hydrogen (secondary N) is 2. The van der Waals surface area contributed by atoms with Crippen molar-refractivity contribution < 1.29 is 4.79 Å². The summed E-state index contributed by atoms with van der Waals surface area (Å²) in [6.45, 7) is 7.48. The number of amides is 1. The number of nitrogens with zero attached hydrogens (tertiary/aromatic N) is 5. The average Bonchev–Trinajstić information content (AvgIpc) is 3.17. The van der Waals surface area contributed by atoms with Crippen LogP contribution in [0.4, 0.5) is 11.4 Å². The molecule has 2 N–H and O–H groups in total. The highest BCUT2D eigenvalue weighted by Gasteiger charge is 2.45. The van der Waals surface area contributed by atoms with Gasteiger partial charge in [-0.2, -0.15) is 5.10 Å². The zero-order valence-corrected chi connectivity index (χ0v) is 18.1. The first-order valence-electron chi connectivity index (χ1n) is 10.7. The van der Waals surface area contributed by atoms with Gasteiger partial charge >= 0.3 is 0 Å². The molecule has 31 heavy (non-hydrogen) atoms. The molecule has 0 bridgehead atoms. The third-order valence-electron chi connectivity index (χ3n) is 5.74. The summed E-state index contributed by atoms with van der Waals surface area (Å²) < 4.78 is 1.64. The van der Waals surface area contributed by atoms with Crippen molar-refractivity contribution in [2.45, 2.75) is 44.7 Å². The third-order valence-corrected chi connectivity index (χ3v) is 5.74. The Hall–Kier alpha value is -3.42. The van der Waals surface area contributed by atoms with E-state index in [1.165, 1.54) is 0 Å². The highest BCUT2D eigenvalue weighted by Crippen LogP contribution is 2.37. The van der Waals surface area contributed by atoms with Crippen LogP contribution in [0.3, 0.4) is 0 Å². The molecule has 1 saturated heterocycles. The lowest BCUT2D eigenvalue weighted by Crippen LogP contribution is -2.63. The maximum absolute atomic E-state index is 13.5. The number of amidine groups is 1. The van der Waals surface area contributed by atoms with Crippen LogP contribution in [0.25, 0.3) is 5.65 Å². The van der Waals surface area contributed by atoms with Crippen LogP contribution in [0.5, 0.6) is 0 Å². The summed E-state index contributed by atoms with van der Waals surface area (Å²) in [5.74, 6) is 0.831. The van der Waals surface area contributed by atoms with Gasteiger partial charge in [-0.15, -0.1) is 0 Å². The van der Waals surface area contributed by atoms with Crippen LogP contribution in [0.1, 0.15) is 44.0 Å². The Labute approximate surface area is 181 Å². The Kier molecular flexibility index (Phi) is 4.46. The van der Waals surface area contributed by atoms with E-state index in [0.717, 1.165) is 30.1 Å². The van der Waals surface area contributed by atoms with Gasteiger partial charge in [0.15, 0.2) is 5.65 Å². The number of carbonyl (C=O) groups excluding carboxylic acids is 1. The lowest BCUT2D eigenvalue weighted by molar-refractivity contribution is 0.0696. The third kappa shape index (κ3) is 3.52. The molecular weight excluding hydrogens is 390 g/mol. The molecule has 1 unspecified atom stereocenters. The zero-order chi connectivity index (χ0) is 21.6. The zero-order valence-electron chi connectivity index (χ0n) is 18.1. The topological polar surface area (TPSA) is 86.9 Å². The number of hydrogen-bond acceptors (Lipinski definition) is 5. The van der Waals surface area contributed by atoms with Crippen LogP contribution >= 0.6 is 0 Å². The Morgan fingerprint density at radius 2 is 2.00 bits per heavy atom. The molecule has 1 amide bonds. The minimum Gasteiger partial charge on any atom is -0.370 e. The minimum atomic E-state index is -0.466. The number of para-hydroxylation sites is 2. The van der Waals surface area contributed by atoms with Gasteiger partial charge in [0.05, 0.1) is 29.7 Å². The van der Waals surface area contributed by atoms with Gasteiger partial charge in [-0.25, -0.2) is 9.50 Å². The number of aromatic nitrogens is 3. The number of piperidine rings is 1. The molecular formula is C23H27N7O. The van der Waals surface area contributed by atoms with Gasteiger partial charge in [0.25, 0.3) is 5.91 Å². The number of fused-ring (bicyclic) bond motifs is 2. The summed E-state index contributed by atoms with van der Waals surface area (Å²) in [6, 6.07) is 9.94. The van der Waals surface area contributed by atoms with Gasteiger partial charge in [0.2, 0.25) is 0 Å². The van der Waals surface area contributed by atoms with E-state index in [-0.39, 0.29) is 11.4 Å². The van der Waals surface area contributed by atoms with E-state index < -0.39 is 5.54 Å². The smallest absolute Gasteiger partial charge is 0.259 e. The van der Waals surface area contributed by atoms with Crippen LogP contribution < -0.4 is 10.6 Å². The predicted octanol–water partition coefficient (Wildman–Crippen LogP) is 3.44. The first-order valence-corrected chi connectivity index (χ1v) is 10.7. The molecule has 1 spiro atoms. The molecule has 3 aromatic rings. The molecule has 4 heterocycles. The Morgan fingerprint density at radius 1 is 1.19 bits per heavy atom. The number of rotatable bonds is 1. The van der Waals surface area contributed by atoms with E-state index in [1.807, 2.05) is 23.1 Å². The van der Waals surface area contributed by atoms with E-state index in [4.69, 9.17) is 4.99 Å². The van der Waals surface area contributed by atoms with Crippen LogP contribution in [0, 0.1) is 0 Å². The number of carbonyl (C=O) groups is 1. The maximum Gasteiger partial charge on any atom is 0.259 e. The van der Waals surface area contributed by atoms with Crippen molar-refractivity contribution in [3.8, 4) is 0 Å². The molecule has 2 aliphatic rings. The standard InChI is InChI=1S/C23H27N7O/c1-22(2,3)28-21-23(27-18-9-5-4-8-17(18)26-21)10-6-12-29(15-23)20(31)16-14-25-30-13-7-11-24-19(16)30/h4-5,7-9,11,13-14,27H,6,10,12,15H2,1-3H3,(H,26,28). The Balaban J connectivity index is 1.52. The maximum atomic E-state index is 13.5. The van der Waals surface area contributed by atoms with E-state index in [1.54, 1.807) is 29.2 Å². The van der Waals surface area contributed by atoms with Crippen molar-refractivity contribution in [1.29, 1.82) is 0 Å². The van der Waals surface area contributed by atoms with E-state index in [2.05, 4.69) is 47.6 Å². The lowest BCUT2D eigenvalue weighted by Gasteiger charge is -2.47. The number of anilines is 2. The molecule has 2 aromatic heterocycles. The largest absolute Gasteiger partial charge is 0.370 e. The average molecular weight is 418 g/mol. The van der Waals surface area contributed by atoms with E-state index >= 15 is 0 Å². The van der Waals surface area contributed by atoms with E-state index in [0.29, 0.717) is 24.3 Å². The van der Waals surface area contributed by atoms with Crippen LogP contribution in [-0.2, 0) is 0 Å². The van der Waals surface area contributed by atoms with Crippen LogP contribution in [0.15, 0.2) is 53.9 Å². The molecule has 1 atom stereocenters. The fourth-order valence-corrected chi connectivity index (χ4v) is 4.41. The second-order valence-corrected chi connectivity index (χ2v) is 9.29. The van der Waals surface area contributed by atoms with Gasteiger partial charge < -0.3 is 15.5 Å². The van der Waals surface area contributed by atoms with E-state index in [9.17, 15) is 4.79 Å². The summed E-state index contributed by atoms with van der Waals surface area (Å²) in [4.78, 5) is 24.8. The number of benzene rings is 1. The van der Waals surface area contributed by atoms with Gasteiger partial charge in [-0.05, 0) is 51.8 Å². The van der Waals surface area contributed by atoms with Gasteiger partial charge in [-0.1, -0.05) is 12.1 Å². The van der Waals surface area contributed by atoms with Crippen molar-refractivity contribution in [3.05, 3.63) is 54.5 Å².